The molecule has 1 aromatic carbocycles. The van der Waals surface area contributed by atoms with E-state index >= 15 is 0 Å². The molecule has 1 aromatic rings. The van der Waals surface area contributed by atoms with Gasteiger partial charge in [-0.2, -0.15) is 0 Å². The number of amides is 1. The number of carbonyl (C=O) groups excluding carboxylic acids is 1. The Hall–Kier alpha value is -1.66. The molecule has 0 saturated heterocycles. The number of rotatable bonds is 4. The van der Waals surface area contributed by atoms with Gasteiger partial charge in [-0.1, -0.05) is 17.7 Å². The lowest BCUT2D eigenvalue weighted by Crippen LogP contribution is -3.06. The summed E-state index contributed by atoms with van der Waals surface area (Å²) in [5.74, 6) is -0.190. The Morgan fingerprint density at radius 3 is 2.55 bits per heavy atom. The molecule has 0 aliphatic carbocycles. The molecule has 0 aromatic heterocycles. The van der Waals surface area contributed by atoms with Crippen LogP contribution in [0.2, 0.25) is 0 Å². The fourth-order valence-corrected chi connectivity index (χ4v) is 1.87. The number of benzene rings is 1. The maximum absolute atomic E-state index is 12.0. The van der Waals surface area contributed by atoms with E-state index in [9.17, 15) is 4.79 Å². The Kier molecular flexibility index (Phi) is 6.41. The average molecular weight is 295 g/mol. The van der Waals surface area contributed by atoms with E-state index in [1.54, 1.807) is 0 Å². The molecule has 1 amide bonds. The number of hydrogen-bond donors (Lipinski definition) is 4. The van der Waals surface area contributed by atoms with Crippen LogP contribution in [0.4, 0.5) is 0 Å². The zero-order chi connectivity index (χ0) is 15.1. The van der Waals surface area contributed by atoms with E-state index < -0.39 is 0 Å². The molecule has 1 rings (SSSR count). The predicted molar refractivity (Wildman–Crippen MR) is 84.8 cm³/mol. The van der Waals surface area contributed by atoms with Crippen LogP contribution in [0, 0.1) is 13.8 Å². The van der Waals surface area contributed by atoms with Gasteiger partial charge in [0.25, 0.3) is 5.91 Å². The third kappa shape index (κ3) is 5.54. The van der Waals surface area contributed by atoms with Crippen LogP contribution in [-0.2, 0) is 0 Å². The predicted octanol–water partition coefficient (Wildman–Crippen LogP) is -0.443. The van der Waals surface area contributed by atoms with Gasteiger partial charge in [0.1, 0.15) is 0 Å². The molecule has 6 heteroatoms. The average Bonchev–Trinajstić information content (AvgIpc) is 2.35. The summed E-state index contributed by atoms with van der Waals surface area (Å²) < 4.78 is 0. The first kappa shape index (κ1) is 16.4. The number of thiocarbonyl (C=S) groups is 1. The van der Waals surface area contributed by atoms with Crippen LogP contribution in [0.3, 0.4) is 0 Å². The summed E-state index contributed by atoms with van der Waals surface area (Å²) in [4.78, 5) is 13.3. The maximum Gasteiger partial charge on any atom is 0.269 e. The van der Waals surface area contributed by atoms with Crippen LogP contribution >= 0.6 is 12.2 Å². The first-order chi connectivity index (χ1) is 9.40. The Bertz CT molecular complexity index is 488. The minimum Gasteiger partial charge on any atom is -0.356 e. The molecule has 4 N–H and O–H groups in total. The lowest BCUT2D eigenvalue weighted by Gasteiger charge is -2.13. The van der Waals surface area contributed by atoms with Crippen LogP contribution in [0.15, 0.2) is 18.2 Å². The van der Waals surface area contributed by atoms with Crippen LogP contribution in [0.1, 0.15) is 21.5 Å². The molecule has 0 spiro atoms. The van der Waals surface area contributed by atoms with Crippen molar-refractivity contribution in [2.45, 2.75) is 13.8 Å². The summed E-state index contributed by atoms with van der Waals surface area (Å²) in [6.07, 6.45) is 0. The molecular formula is C14H23N4OS+. The highest BCUT2D eigenvalue weighted by Crippen LogP contribution is 2.09. The van der Waals surface area contributed by atoms with Crippen molar-refractivity contribution >= 4 is 23.2 Å². The molecule has 0 heterocycles. The number of carbonyl (C=O) groups is 1. The second-order valence-corrected chi connectivity index (χ2v) is 5.52. The SMILES string of the molecule is Cc1ccc(C(=O)NNC(=S)NCC[NH+](C)C)c(C)c1. The summed E-state index contributed by atoms with van der Waals surface area (Å²) in [6.45, 7) is 5.62. The third-order valence-electron chi connectivity index (χ3n) is 2.83. The molecule has 110 valence electrons. The van der Waals surface area contributed by atoms with Crippen molar-refractivity contribution in [3.63, 3.8) is 0 Å². The first-order valence-corrected chi connectivity index (χ1v) is 7.01. The van der Waals surface area contributed by atoms with Crippen molar-refractivity contribution in [3.05, 3.63) is 34.9 Å². The van der Waals surface area contributed by atoms with Gasteiger partial charge >= 0.3 is 0 Å². The van der Waals surface area contributed by atoms with Crippen molar-refractivity contribution in [2.75, 3.05) is 27.2 Å². The van der Waals surface area contributed by atoms with E-state index in [0.717, 1.165) is 24.2 Å². The molecule has 0 aliphatic rings. The van der Waals surface area contributed by atoms with Gasteiger partial charge in [0.2, 0.25) is 0 Å². The van der Waals surface area contributed by atoms with Crippen molar-refractivity contribution in [2.24, 2.45) is 0 Å². The first-order valence-electron chi connectivity index (χ1n) is 6.60. The van der Waals surface area contributed by atoms with Gasteiger partial charge in [-0.25, -0.2) is 0 Å². The Labute approximate surface area is 125 Å². The summed E-state index contributed by atoms with van der Waals surface area (Å²) >= 11 is 5.08. The van der Waals surface area contributed by atoms with Crippen molar-refractivity contribution in [1.82, 2.24) is 16.2 Å². The van der Waals surface area contributed by atoms with Crippen LogP contribution in [0.25, 0.3) is 0 Å². The molecule has 0 bridgehead atoms. The normalized spacial score (nSPS) is 10.2. The molecule has 5 nitrogen and oxygen atoms in total. The van der Waals surface area contributed by atoms with Crippen molar-refractivity contribution in [1.29, 1.82) is 0 Å². The number of hydrazine groups is 1. The van der Waals surface area contributed by atoms with Crippen LogP contribution < -0.4 is 21.1 Å². The second-order valence-electron chi connectivity index (χ2n) is 5.11. The quantitative estimate of drug-likeness (QED) is 0.449. The molecule has 0 saturated carbocycles. The third-order valence-corrected chi connectivity index (χ3v) is 3.07. The molecule has 0 atom stereocenters. The number of aryl methyl sites for hydroxylation is 2. The monoisotopic (exact) mass is 295 g/mol. The van der Waals surface area contributed by atoms with Crippen LogP contribution in [0.5, 0.6) is 0 Å². The van der Waals surface area contributed by atoms with Gasteiger partial charge in [-0.05, 0) is 37.7 Å². The van der Waals surface area contributed by atoms with Gasteiger partial charge in [0, 0.05) is 5.56 Å². The van der Waals surface area contributed by atoms with E-state index in [1.165, 1.54) is 4.90 Å². The number of quaternary nitrogens is 1. The fraction of sp³-hybridized carbons (Fsp3) is 0.429. The Morgan fingerprint density at radius 2 is 1.95 bits per heavy atom. The van der Waals surface area contributed by atoms with E-state index in [-0.39, 0.29) is 5.91 Å². The van der Waals surface area contributed by atoms with Gasteiger partial charge in [0.05, 0.1) is 27.2 Å². The fourth-order valence-electron chi connectivity index (χ4n) is 1.72. The smallest absolute Gasteiger partial charge is 0.269 e. The summed E-state index contributed by atoms with van der Waals surface area (Å²) in [6, 6.07) is 5.71. The molecule has 0 unspecified atom stereocenters. The number of likely N-dealkylation sites (N-methyl/N-ethyl adjacent to an activating group) is 1. The van der Waals surface area contributed by atoms with Crippen molar-refractivity contribution < 1.29 is 9.69 Å². The van der Waals surface area contributed by atoms with Gasteiger partial charge < -0.3 is 10.2 Å². The lowest BCUT2D eigenvalue weighted by molar-refractivity contribution is -0.856. The largest absolute Gasteiger partial charge is 0.356 e. The van der Waals surface area contributed by atoms with E-state index in [0.29, 0.717) is 10.7 Å². The second kappa shape index (κ2) is 7.81. The maximum atomic E-state index is 12.0. The summed E-state index contributed by atoms with van der Waals surface area (Å²) in [5.41, 5.74) is 8.03. The Balaban J connectivity index is 2.41. The highest BCUT2D eigenvalue weighted by atomic mass is 32.1. The minimum absolute atomic E-state index is 0.190. The number of nitrogens with one attached hydrogen (secondary N) is 4. The zero-order valence-electron chi connectivity index (χ0n) is 12.5. The minimum atomic E-state index is -0.190. The standard InChI is InChI=1S/C14H22N4OS/c1-10-5-6-12(11(2)9-10)13(19)16-17-14(20)15-7-8-18(3)4/h5-6,9H,7-8H2,1-4H3,(H,16,19)(H2,15,17,20)/p+1. The topological polar surface area (TPSA) is 57.6 Å². The lowest BCUT2D eigenvalue weighted by atomic mass is 10.1. The van der Waals surface area contributed by atoms with Crippen LogP contribution in [-0.4, -0.2) is 38.2 Å². The zero-order valence-corrected chi connectivity index (χ0v) is 13.3. The van der Waals surface area contributed by atoms with E-state index in [4.69, 9.17) is 12.2 Å². The molecule has 0 fully saturated rings. The molecule has 20 heavy (non-hydrogen) atoms. The van der Waals surface area contributed by atoms with Gasteiger partial charge in [-0.3, -0.25) is 15.6 Å². The van der Waals surface area contributed by atoms with E-state index in [2.05, 4.69) is 30.3 Å². The van der Waals surface area contributed by atoms with E-state index in [1.807, 2.05) is 32.0 Å². The highest BCUT2D eigenvalue weighted by molar-refractivity contribution is 7.80. The molecule has 0 aliphatic heterocycles. The van der Waals surface area contributed by atoms with Gasteiger partial charge in [-0.15, -0.1) is 0 Å². The highest BCUT2D eigenvalue weighted by Gasteiger charge is 2.08. The summed E-state index contributed by atoms with van der Waals surface area (Å²) in [5, 5.41) is 3.45. The summed E-state index contributed by atoms with van der Waals surface area (Å²) in [7, 11) is 4.14. The molecule has 0 radical (unpaired) electrons. The Morgan fingerprint density at radius 1 is 1.25 bits per heavy atom. The van der Waals surface area contributed by atoms with Gasteiger partial charge in [0.15, 0.2) is 5.11 Å². The molecular weight excluding hydrogens is 272 g/mol. The number of hydrogen-bond acceptors (Lipinski definition) is 2. The van der Waals surface area contributed by atoms with Crippen molar-refractivity contribution in [3.8, 4) is 0 Å².